The van der Waals surface area contributed by atoms with Crippen LogP contribution in [0.4, 0.5) is 0 Å². The van der Waals surface area contributed by atoms with Gasteiger partial charge in [-0.3, -0.25) is 4.79 Å². The van der Waals surface area contributed by atoms with Crippen LogP contribution < -0.4 is 10.1 Å². The van der Waals surface area contributed by atoms with Crippen LogP contribution in [0.25, 0.3) is 0 Å². The molecule has 0 spiro atoms. The van der Waals surface area contributed by atoms with Crippen molar-refractivity contribution in [2.45, 2.75) is 71.8 Å². The second-order valence-electron chi connectivity index (χ2n) is 10.5. The number of benzene rings is 1. The normalized spacial score (nSPS) is 39.7. The Kier molecular flexibility index (Phi) is 4.83. The van der Waals surface area contributed by atoms with Crippen LogP contribution in [0.2, 0.25) is 0 Å². The van der Waals surface area contributed by atoms with E-state index < -0.39 is 0 Å². The van der Waals surface area contributed by atoms with E-state index in [9.17, 15) is 4.79 Å². The molecule has 0 aliphatic heterocycles. The largest absolute Gasteiger partial charge is 0.490 e. The number of rotatable bonds is 3. The number of carbonyl (C=O) groups is 1. The fourth-order valence-electron chi connectivity index (χ4n) is 7.37. The Morgan fingerprint density at radius 3 is 2.53 bits per heavy atom. The molecule has 1 N–H and O–H groups in total. The van der Waals surface area contributed by atoms with Crippen molar-refractivity contribution in [3.8, 4) is 5.75 Å². The molecule has 0 heterocycles. The zero-order valence-electron chi connectivity index (χ0n) is 18.6. The highest BCUT2D eigenvalue weighted by Crippen LogP contribution is 2.64. The summed E-state index contributed by atoms with van der Waals surface area (Å²) in [4.78, 5) is 11.7. The highest BCUT2D eigenvalue weighted by atomic mass is 16.5. The summed E-state index contributed by atoms with van der Waals surface area (Å²) >= 11 is 0. The molecule has 160 valence electrons. The summed E-state index contributed by atoms with van der Waals surface area (Å²) < 4.78 is 6.33. The maximum absolute atomic E-state index is 11.7. The fourth-order valence-corrected chi connectivity index (χ4v) is 7.37. The van der Waals surface area contributed by atoms with Gasteiger partial charge in [0.25, 0.3) is 0 Å². The fraction of sp³-hybridized carbons (Fsp3) is 0.593. The Balaban J connectivity index is 1.34. The second-order valence-corrected chi connectivity index (χ2v) is 10.5. The summed E-state index contributed by atoms with van der Waals surface area (Å²) in [6.45, 7) is 6.57. The minimum Gasteiger partial charge on any atom is -0.490 e. The molecule has 4 aliphatic carbocycles. The van der Waals surface area contributed by atoms with E-state index in [1.54, 1.807) is 12.5 Å². The molecule has 0 aromatic heterocycles. The van der Waals surface area contributed by atoms with E-state index in [1.165, 1.54) is 31.4 Å². The second kappa shape index (κ2) is 7.28. The zero-order valence-corrected chi connectivity index (χ0v) is 18.6. The Morgan fingerprint density at radius 1 is 1.00 bits per heavy atom. The molecule has 3 nitrogen and oxygen atoms in total. The van der Waals surface area contributed by atoms with E-state index in [0.29, 0.717) is 17.4 Å². The highest BCUT2D eigenvalue weighted by molar-refractivity contribution is 5.75. The van der Waals surface area contributed by atoms with Crippen molar-refractivity contribution >= 4 is 5.91 Å². The average Bonchev–Trinajstić information content (AvgIpc) is 3.05. The summed E-state index contributed by atoms with van der Waals surface area (Å²) in [5.41, 5.74) is 3.30. The number of carbonyl (C=O) groups excluding carboxylic acids is 1. The van der Waals surface area contributed by atoms with Gasteiger partial charge in [0.1, 0.15) is 11.9 Å². The first kappa shape index (κ1) is 19.9. The van der Waals surface area contributed by atoms with Crippen molar-refractivity contribution in [1.29, 1.82) is 0 Å². The lowest BCUT2D eigenvalue weighted by Gasteiger charge is -2.57. The molecule has 0 radical (unpaired) electrons. The molecule has 1 amide bonds. The summed E-state index contributed by atoms with van der Waals surface area (Å²) in [5, 5.41) is 3.16. The van der Waals surface area contributed by atoms with Crippen molar-refractivity contribution in [2.24, 2.45) is 28.6 Å². The number of amides is 1. The molecular weight excluding hydrogens is 370 g/mol. The lowest BCUT2D eigenvalue weighted by atomic mass is 9.48. The number of hydrogen-bond acceptors (Lipinski definition) is 2. The molecule has 4 aliphatic rings. The monoisotopic (exact) mass is 405 g/mol. The van der Waals surface area contributed by atoms with Gasteiger partial charge < -0.3 is 10.1 Å². The third kappa shape index (κ3) is 3.13. The van der Waals surface area contributed by atoms with Crippen LogP contribution in [0.5, 0.6) is 5.75 Å². The number of nitrogens with one attached hydrogen (secondary N) is 1. The molecule has 5 rings (SSSR count). The Morgan fingerprint density at radius 2 is 1.77 bits per heavy atom. The molecule has 0 bridgehead atoms. The van der Waals surface area contributed by atoms with Crippen LogP contribution >= 0.6 is 0 Å². The predicted molar refractivity (Wildman–Crippen MR) is 120 cm³/mol. The van der Waals surface area contributed by atoms with Crippen LogP contribution in [-0.2, 0) is 4.79 Å². The maximum Gasteiger partial charge on any atom is 0.221 e. The van der Waals surface area contributed by atoms with Crippen LogP contribution in [0.15, 0.2) is 53.8 Å². The molecule has 1 aromatic carbocycles. The number of ether oxygens (including phenoxy) is 1. The van der Waals surface area contributed by atoms with Crippen LogP contribution in [0.3, 0.4) is 0 Å². The van der Waals surface area contributed by atoms with E-state index in [-0.39, 0.29) is 11.3 Å². The van der Waals surface area contributed by atoms with Gasteiger partial charge in [-0.15, -0.1) is 0 Å². The van der Waals surface area contributed by atoms with Gasteiger partial charge >= 0.3 is 0 Å². The summed E-state index contributed by atoms with van der Waals surface area (Å²) in [5.74, 6) is 3.21. The van der Waals surface area contributed by atoms with Crippen LogP contribution in [0.1, 0.15) is 65.7 Å². The van der Waals surface area contributed by atoms with Crippen molar-refractivity contribution in [1.82, 2.24) is 5.32 Å². The van der Waals surface area contributed by atoms with Gasteiger partial charge in [0, 0.05) is 24.5 Å². The lowest BCUT2D eigenvalue weighted by molar-refractivity contribution is -0.118. The number of allylic oxidation sites excluding steroid dienone is 3. The van der Waals surface area contributed by atoms with Crippen molar-refractivity contribution in [3.63, 3.8) is 0 Å². The molecule has 6 atom stereocenters. The van der Waals surface area contributed by atoms with E-state index in [2.05, 4.69) is 55.6 Å². The highest BCUT2D eigenvalue weighted by Gasteiger charge is 2.57. The van der Waals surface area contributed by atoms with Crippen molar-refractivity contribution in [2.75, 3.05) is 0 Å². The average molecular weight is 406 g/mol. The minimum absolute atomic E-state index is 0.0692. The molecule has 2 saturated carbocycles. The Bertz CT molecular complexity index is 887. The van der Waals surface area contributed by atoms with E-state index in [0.717, 1.165) is 36.8 Å². The minimum atomic E-state index is 0.0692. The van der Waals surface area contributed by atoms with Gasteiger partial charge in [0.05, 0.1) is 0 Å². The number of para-hydroxylation sites is 1. The smallest absolute Gasteiger partial charge is 0.221 e. The molecule has 1 unspecified atom stereocenters. The molecular formula is C27H35NO2. The van der Waals surface area contributed by atoms with Crippen molar-refractivity contribution in [3.05, 3.63) is 53.8 Å². The van der Waals surface area contributed by atoms with Gasteiger partial charge in [-0.2, -0.15) is 0 Å². The molecule has 0 saturated heterocycles. The van der Waals surface area contributed by atoms with Crippen LogP contribution in [0, 0.1) is 28.6 Å². The topological polar surface area (TPSA) is 38.3 Å². The van der Waals surface area contributed by atoms with E-state index >= 15 is 0 Å². The number of fused-ring (bicyclic) bond motifs is 5. The molecule has 30 heavy (non-hydrogen) atoms. The number of hydrogen-bond donors (Lipinski definition) is 1. The van der Waals surface area contributed by atoms with Gasteiger partial charge in [-0.1, -0.05) is 49.8 Å². The third-order valence-corrected chi connectivity index (χ3v) is 9.00. The third-order valence-electron chi connectivity index (χ3n) is 9.00. The van der Waals surface area contributed by atoms with Crippen molar-refractivity contribution < 1.29 is 9.53 Å². The van der Waals surface area contributed by atoms with Gasteiger partial charge in [-0.05, 0) is 73.8 Å². The first-order chi connectivity index (χ1) is 14.4. The maximum atomic E-state index is 11.7. The van der Waals surface area contributed by atoms with Gasteiger partial charge in [0.2, 0.25) is 5.91 Å². The molecule has 3 heteroatoms. The first-order valence-electron chi connectivity index (χ1n) is 11.8. The zero-order chi connectivity index (χ0) is 20.9. The Labute approximate surface area is 181 Å². The van der Waals surface area contributed by atoms with E-state index in [1.807, 2.05) is 6.07 Å². The standard InChI is InChI=1S/C27H35NO2/c1-18(29)28-25-12-11-23-22-10-9-19-17-21(30-20-7-5-4-6-8-20)13-15-26(19,2)24(22)14-16-27(23,25)3/h4-9,12,21-24H,10-11,13-17H2,1-3H3,(H,28,29)/t21-,22?,23-,24-,26-,27-/m0/s1. The SMILES string of the molecule is CC(=O)NC1=CC[C@H]2C3CC=C4C[C@@H](Oc5ccccc5)CC[C@]4(C)[C@H]3CC[C@]12C. The quantitative estimate of drug-likeness (QED) is 0.624. The van der Waals surface area contributed by atoms with Gasteiger partial charge in [0.15, 0.2) is 0 Å². The Hall–Kier alpha value is -2.03. The van der Waals surface area contributed by atoms with Crippen LogP contribution in [-0.4, -0.2) is 12.0 Å². The van der Waals surface area contributed by atoms with Gasteiger partial charge in [-0.25, -0.2) is 0 Å². The first-order valence-corrected chi connectivity index (χ1v) is 11.8. The molecule has 1 aromatic rings. The summed E-state index contributed by atoms with van der Waals surface area (Å²) in [6.07, 6.45) is 13.4. The van der Waals surface area contributed by atoms with E-state index in [4.69, 9.17) is 4.74 Å². The summed E-state index contributed by atoms with van der Waals surface area (Å²) in [7, 11) is 0. The summed E-state index contributed by atoms with van der Waals surface area (Å²) in [6, 6.07) is 10.3. The molecule has 2 fully saturated rings. The predicted octanol–water partition coefficient (Wildman–Crippen LogP) is 6.03. The lowest BCUT2D eigenvalue weighted by Crippen LogP contribution is -2.51.